The Labute approximate surface area is 125 Å². The van der Waals surface area contributed by atoms with Crippen molar-refractivity contribution in [3.8, 4) is 5.82 Å². The molecule has 0 fully saturated rings. The van der Waals surface area contributed by atoms with E-state index in [1.807, 2.05) is 0 Å². The zero-order valence-corrected chi connectivity index (χ0v) is 12.4. The van der Waals surface area contributed by atoms with E-state index in [-0.39, 0.29) is 4.90 Å². The minimum absolute atomic E-state index is 0.152. The van der Waals surface area contributed by atoms with E-state index in [0.717, 1.165) is 0 Å². The summed E-state index contributed by atoms with van der Waals surface area (Å²) in [6, 6.07) is 6.24. The summed E-state index contributed by atoms with van der Waals surface area (Å²) in [5.41, 5.74) is 1.26. The summed E-state index contributed by atoms with van der Waals surface area (Å²) in [5, 5.41) is 0.292. The van der Waals surface area contributed by atoms with Gasteiger partial charge in [0.1, 0.15) is 23.6 Å². The van der Waals surface area contributed by atoms with Crippen LogP contribution in [0.2, 0.25) is 5.15 Å². The predicted molar refractivity (Wildman–Crippen MR) is 77.9 cm³/mol. The number of nitrogens with zero attached hydrogens (tertiary/aromatic N) is 4. The smallest absolute Gasteiger partial charge is 0.240 e. The molecular weight excluding hydrogens is 314 g/mol. The highest BCUT2D eigenvalue weighted by atomic mass is 35.5. The lowest BCUT2D eigenvalue weighted by molar-refractivity contribution is 0.588. The van der Waals surface area contributed by atoms with Crippen LogP contribution >= 0.6 is 11.6 Å². The summed E-state index contributed by atoms with van der Waals surface area (Å²) in [4.78, 5) is 12.3. The predicted octanol–water partition coefficient (Wildman–Crippen LogP) is 1.38. The Morgan fingerprint density at radius 1 is 1.19 bits per heavy atom. The lowest BCUT2D eigenvalue weighted by Gasteiger charge is -2.05. The normalized spacial score (nSPS) is 11.9. The molecule has 21 heavy (non-hydrogen) atoms. The van der Waals surface area contributed by atoms with Crippen molar-refractivity contribution < 1.29 is 8.42 Å². The number of halogens is 1. The van der Waals surface area contributed by atoms with Crippen molar-refractivity contribution in [2.45, 2.75) is 4.90 Å². The minimum atomic E-state index is -3.52. The van der Waals surface area contributed by atoms with E-state index in [0.29, 0.717) is 22.0 Å². The summed E-state index contributed by atoms with van der Waals surface area (Å²) in [6.45, 7) is 0. The molecule has 1 aromatic carbocycles. The second kappa shape index (κ2) is 5.06. The van der Waals surface area contributed by atoms with Gasteiger partial charge in [-0.15, -0.1) is 0 Å². The summed E-state index contributed by atoms with van der Waals surface area (Å²) < 4.78 is 27.7. The van der Waals surface area contributed by atoms with Crippen LogP contribution in [0.25, 0.3) is 16.9 Å². The third-order valence-electron chi connectivity index (χ3n) is 2.96. The maximum absolute atomic E-state index is 11.9. The molecule has 0 atom stereocenters. The van der Waals surface area contributed by atoms with Crippen LogP contribution in [-0.2, 0) is 10.0 Å². The van der Waals surface area contributed by atoms with Crippen molar-refractivity contribution in [3.63, 3.8) is 0 Å². The van der Waals surface area contributed by atoms with Gasteiger partial charge in [-0.1, -0.05) is 11.6 Å². The Morgan fingerprint density at radius 2 is 2.00 bits per heavy atom. The van der Waals surface area contributed by atoms with E-state index >= 15 is 0 Å². The molecule has 0 bridgehead atoms. The molecule has 2 aromatic heterocycles. The van der Waals surface area contributed by atoms with Gasteiger partial charge in [-0.3, -0.25) is 4.57 Å². The minimum Gasteiger partial charge on any atom is -0.283 e. The van der Waals surface area contributed by atoms with Crippen LogP contribution in [0.4, 0.5) is 0 Å². The summed E-state index contributed by atoms with van der Waals surface area (Å²) in [5.74, 6) is 0.511. The Morgan fingerprint density at radius 3 is 2.71 bits per heavy atom. The van der Waals surface area contributed by atoms with E-state index in [4.69, 9.17) is 11.6 Å². The molecule has 3 aromatic rings. The first-order chi connectivity index (χ1) is 10.0. The average molecular weight is 324 g/mol. The van der Waals surface area contributed by atoms with Gasteiger partial charge in [0, 0.05) is 6.07 Å². The average Bonchev–Trinajstić information content (AvgIpc) is 2.90. The number of sulfonamides is 1. The van der Waals surface area contributed by atoms with Gasteiger partial charge in [-0.25, -0.2) is 28.1 Å². The van der Waals surface area contributed by atoms with Crippen LogP contribution in [0.5, 0.6) is 0 Å². The number of nitrogens with one attached hydrogen (secondary N) is 1. The fraction of sp³-hybridized carbons (Fsp3) is 0.0833. The molecule has 9 heteroatoms. The van der Waals surface area contributed by atoms with Crippen molar-refractivity contribution in [2.24, 2.45) is 0 Å². The summed E-state index contributed by atoms with van der Waals surface area (Å²) >= 11 is 5.85. The van der Waals surface area contributed by atoms with Gasteiger partial charge in [0.25, 0.3) is 0 Å². The van der Waals surface area contributed by atoms with Gasteiger partial charge in [0.05, 0.1) is 15.9 Å². The quantitative estimate of drug-likeness (QED) is 0.735. The van der Waals surface area contributed by atoms with Crippen LogP contribution in [0.1, 0.15) is 0 Å². The summed E-state index contributed by atoms with van der Waals surface area (Å²) in [7, 11) is -2.16. The molecule has 7 nitrogen and oxygen atoms in total. The molecule has 2 heterocycles. The second-order valence-corrected chi connectivity index (χ2v) is 6.45. The zero-order chi connectivity index (χ0) is 15.0. The van der Waals surface area contributed by atoms with Gasteiger partial charge in [-0.05, 0) is 25.2 Å². The third kappa shape index (κ3) is 2.48. The Kier molecular flexibility index (Phi) is 3.36. The zero-order valence-electron chi connectivity index (χ0n) is 10.9. The van der Waals surface area contributed by atoms with Crippen LogP contribution in [0.15, 0.2) is 41.8 Å². The highest BCUT2D eigenvalue weighted by molar-refractivity contribution is 7.89. The molecule has 3 rings (SSSR count). The first-order valence-electron chi connectivity index (χ1n) is 5.90. The SMILES string of the molecule is CNS(=O)(=O)c1ccc2ncn(-c3cc(Cl)ncn3)c2c1. The Hall–Kier alpha value is -2.03. The number of imidazole rings is 1. The van der Waals surface area contributed by atoms with E-state index in [1.54, 1.807) is 23.0 Å². The molecule has 108 valence electrons. The molecule has 0 aliphatic rings. The lowest BCUT2D eigenvalue weighted by atomic mass is 10.3. The molecule has 0 spiro atoms. The van der Waals surface area contributed by atoms with E-state index in [2.05, 4.69) is 19.7 Å². The van der Waals surface area contributed by atoms with Crippen LogP contribution in [0.3, 0.4) is 0 Å². The number of fused-ring (bicyclic) bond motifs is 1. The summed E-state index contributed by atoms with van der Waals surface area (Å²) in [6.07, 6.45) is 2.89. The monoisotopic (exact) mass is 323 g/mol. The van der Waals surface area contributed by atoms with E-state index < -0.39 is 10.0 Å². The van der Waals surface area contributed by atoms with Gasteiger partial charge in [0.15, 0.2) is 0 Å². The molecule has 0 unspecified atom stereocenters. The highest BCUT2D eigenvalue weighted by Crippen LogP contribution is 2.21. The Balaban J connectivity index is 2.24. The fourth-order valence-electron chi connectivity index (χ4n) is 1.91. The maximum Gasteiger partial charge on any atom is 0.240 e. The lowest BCUT2D eigenvalue weighted by Crippen LogP contribution is -2.18. The van der Waals surface area contributed by atoms with Crippen molar-refractivity contribution >= 4 is 32.7 Å². The number of aromatic nitrogens is 4. The van der Waals surface area contributed by atoms with Crippen molar-refractivity contribution in [2.75, 3.05) is 7.05 Å². The van der Waals surface area contributed by atoms with Gasteiger partial charge in [-0.2, -0.15) is 0 Å². The molecule has 0 radical (unpaired) electrons. The molecule has 0 saturated heterocycles. The number of hydrogen-bond donors (Lipinski definition) is 1. The van der Waals surface area contributed by atoms with E-state index in [9.17, 15) is 8.42 Å². The van der Waals surface area contributed by atoms with Crippen molar-refractivity contribution in [1.29, 1.82) is 0 Å². The Bertz CT molecular complexity index is 922. The van der Waals surface area contributed by atoms with Crippen molar-refractivity contribution in [1.82, 2.24) is 24.2 Å². The third-order valence-corrected chi connectivity index (χ3v) is 4.58. The number of benzene rings is 1. The standard InChI is InChI=1S/C12H10ClN5O2S/c1-14-21(19,20)8-2-3-9-10(4-8)18(7-17-9)12-5-11(13)15-6-16-12/h2-7,14H,1H3. The molecular formula is C12H10ClN5O2S. The van der Waals surface area contributed by atoms with Crippen LogP contribution in [-0.4, -0.2) is 35.0 Å². The largest absolute Gasteiger partial charge is 0.283 e. The number of hydrogen-bond acceptors (Lipinski definition) is 5. The molecule has 0 aliphatic heterocycles. The van der Waals surface area contributed by atoms with Crippen LogP contribution < -0.4 is 4.72 Å². The molecule has 0 amide bonds. The molecule has 0 aliphatic carbocycles. The fourth-order valence-corrected chi connectivity index (χ4v) is 2.80. The van der Waals surface area contributed by atoms with Gasteiger partial charge >= 0.3 is 0 Å². The van der Waals surface area contributed by atoms with E-state index in [1.165, 1.54) is 25.5 Å². The molecule has 1 N–H and O–H groups in total. The van der Waals surface area contributed by atoms with Gasteiger partial charge in [0.2, 0.25) is 10.0 Å². The maximum atomic E-state index is 11.9. The van der Waals surface area contributed by atoms with Gasteiger partial charge < -0.3 is 0 Å². The highest BCUT2D eigenvalue weighted by Gasteiger charge is 2.14. The second-order valence-electron chi connectivity index (χ2n) is 4.17. The van der Waals surface area contributed by atoms with Crippen molar-refractivity contribution in [3.05, 3.63) is 42.1 Å². The first-order valence-corrected chi connectivity index (χ1v) is 7.76. The first kappa shape index (κ1) is 13.9. The topological polar surface area (TPSA) is 89.8 Å². The van der Waals surface area contributed by atoms with Crippen LogP contribution in [0, 0.1) is 0 Å². The molecule has 0 saturated carbocycles. The number of rotatable bonds is 3.